The van der Waals surface area contributed by atoms with Gasteiger partial charge in [-0.3, -0.25) is 0 Å². The first-order valence-corrected chi connectivity index (χ1v) is 2.73. The molecule has 54 valence electrons. The molecule has 1 N–H and O–H groups in total. The Kier molecular flexibility index (Phi) is 1.42. The molecule has 1 nitrogen and oxygen atoms in total. The summed E-state index contributed by atoms with van der Waals surface area (Å²) in [4.78, 5) is 0. The van der Waals surface area contributed by atoms with Crippen LogP contribution in [0.1, 0.15) is 6.42 Å². The van der Waals surface area contributed by atoms with Crippen LogP contribution in [0.3, 0.4) is 0 Å². The van der Waals surface area contributed by atoms with Crippen molar-refractivity contribution in [2.75, 3.05) is 6.61 Å². The largest absolute Gasteiger partial charge is 0.396 e. The Labute approximate surface area is 50.5 Å². The molecule has 0 saturated heterocycles. The van der Waals surface area contributed by atoms with E-state index in [0.717, 1.165) is 0 Å². The van der Waals surface area contributed by atoms with Crippen molar-refractivity contribution in [3.63, 3.8) is 0 Å². The number of aliphatic hydroxyl groups is 1. The van der Waals surface area contributed by atoms with E-state index in [2.05, 4.69) is 0 Å². The second-order valence-corrected chi connectivity index (χ2v) is 2.33. The summed E-state index contributed by atoms with van der Waals surface area (Å²) in [5, 5.41) is 8.24. The third-order valence-corrected chi connectivity index (χ3v) is 1.58. The molecule has 0 bridgehead atoms. The first kappa shape index (κ1) is 6.86. The van der Waals surface area contributed by atoms with Crippen molar-refractivity contribution in [3.8, 4) is 0 Å². The average Bonchev–Trinajstić information content (AvgIpc) is 2.39. The highest BCUT2D eigenvalue weighted by molar-refractivity contribution is 4.90. The maximum atomic E-state index is 11.6. The molecular formula is C5H7F3O. The SMILES string of the molecule is OCC1CC1C(F)(F)F. The van der Waals surface area contributed by atoms with Crippen molar-refractivity contribution < 1.29 is 18.3 Å². The van der Waals surface area contributed by atoms with Crippen molar-refractivity contribution in [2.24, 2.45) is 11.8 Å². The van der Waals surface area contributed by atoms with Gasteiger partial charge < -0.3 is 5.11 Å². The van der Waals surface area contributed by atoms with Crippen molar-refractivity contribution in [2.45, 2.75) is 12.6 Å². The summed E-state index contributed by atoms with van der Waals surface area (Å²) in [5.74, 6) is -1.73. The van der Waals surface area contributed by atoms with Gasteiger partial charge in [-0.2, -0.15) is 13.2 Å². The number of halogens is 3. The molecule has 1 rings (SSSR count). The first-order chi connectivity index (χ1) is 4.05. The molecule has 1 aliphatic carbocycles. The summed E-state index contributed by atoms with van der Waals surface area (Å²) in [5.41, 5.74) is 0. The Morgan fingerprint density at radius 1 is 1.44 bits per heavy atom. The molecule has 2 unspecified atom stereocenters. The van der Waals surface area contributed by atoms with Crippen LogP contribution in [0.4, 0.5) is 13.2 Å². The Balaban J connectivity index is 2.33. The molecular weight excluding hydrogens is 133 g/mol. The van der Waals surface area contributed by atoms with Crippen molar-refractivity contribution in [1.29, 1.82) is 0 Å². The Hall–Kier alpha value is -0.250. The van der Waals surface area contributed by atoms with Gasteiger partial charge in [-0.05, 0) is 12.3 Å². The van der Waals surface area contributed by atoms with E-state index in [-0.39, 0.29) is 13.0 Å². The van der Waals surface area contributed by atoms with Crippen LogP contribution >= 0.6 is 0 Å². The standard InChI is InChI=1S/C5H7F3O/c6-5(7,8)4-1-3(4)2-9/h3-4,9H,1-2H2. The average molecular weight is 140 g/mol. The van der Waals surface area contributed by atoms with Crippen molar-refractivity contribution in [1.82, 2.24) is 0 Å². The van der Waals surface area contributed by atoms with E-state index in [0.29, 0.717) is 0 Å². The topological polar surface area (TPSA) is 20.2 Å². The van der Waals surface area contributed by atoms with Gasteiger partial charge in [0.05, 0.1) is 5.92 Å². The fourth-order valence-electron chi connectivity index (χ4n) is 0.850. The number of alkyl halides is 3. The molecule has 0 aromatic rings. The lowest BCUT2D eigenvalue weighted by Gasteiger charge is -2.02. The van der Waals surface area contributed by atoms with Crippen LogP contribution in [0, 0.1) is 11.8 Å². The fourth-order valence-corrected chi connectivity index (χ4v) is 0.850. The highest BCUT2D eigenvalue weighted by atomic mass is 19.4. The fraction of sp³-hybridized carbons (Fsp3) is 1.00. The predicted octanol–water partition coefficient (Wildman–Crippen LogP) is 1.18. The highest BCUT2D eigenvalue weighted by Crippen LogP contribution is 2.49. The van der Waals surface area contributed by atoms with Crippen LogP contribution in [0.2, 0.25) is 0 Å². The molecule has 0 radical (unpaired) electrons. The molecule has 2 atom stereocenters. The van der Waals surface area contributed by atoms with Gasteiger partial charge in [0.15, 0.2) is 0 Å². The first-order valence-electron chi connectivity index (χ1n) is 2.73. The van der Waals surface area contributed by atoms with Gasteiger partial charge in [-0.1, -0.05) is 0 Å². The molecule has 0 aliphatic heterocycles. The molecule has 0 heterocycles. The summed E-state index contributed by atoms with van der Waals surface area (Å²) in [6.45, 7) is -0.329. The van der Waals surface area contributed by atoms with Gasteiger partial charge in [-0.15, -0.1) is 0 Å². The third-order valence-electron chi connectivity index (χ3n) is 1.58. The van der Waals surface area contributed by atoms with Gasteiger partial charge >= 0.3 is 6.18 Å². The lowest BCUT2D eigenvalue weighted by Crippen LogP contribution is -2.12. The minimum atomic E-state index is -4.08. The molecule has 0 aromatic heterocycles. The number of rotatable bonds is 1. The minimum Gasteiger partial charge on any atom is -0.396 e. The molecule has 4 heteroatoms. The summed E-state index contributed by atoms with van der Waals surface area (Å²) in [6.07, 6.45) is -3.96. The number of hydrogen-bond donors (Lipinski definition) is 1. The maximum absolute atomic E-state index is 11.6. The van der Waals surface area contributed by atoms with Gasteiger partial charge in [0.25, 0.3) is 0 Å². The lowest BCUT2D eigenvalue weighted by molar-refractivity contribution is -0.152. The quantitative estimate of drug-likeness (QED) is 0.579. The highest BCUT2D eigenvalue weighted by Gasteiger charge is 2.55. The van der Waals surface area contributed by atoms with E-state index in [1.165, 1.54) is 0 Å². The number of aliphatic hydroxyl groups excluding tert-OH is 1. The van der Waals surface area contributed by atoms with Crippen LogP contribution in [0.5, 0.6) is 0 Å². The summed E-state index contributed by atoms with van der Waals surface area (Å²) in [6, 6.07) is 0. The van der Waals surface area contributed by atoms with E-state index in [9.17, 15) is 13.2 Å². The summed E-state index contributed by atoms with van der Waals surface area (Å²) < 4.78 is 34.7. The third kappa shape index (κ3) is 1.36. The van der Waals surface area contributed by atoms with Crippen LogP contribution < -0.4 is 0 Å². The second kappa shape index (κ2) is 1.87. The van der Waals surface area contributed by atoms with E-state index in [1.807, 2.05) is 0 Å². The van der Waals surface area contributed by atoms with Crippen LogP contribution in [-0.2, 0) is 0 Å². The Morgan fingerprint density at radius 3 is 2.11 bits per heavy atom. The molecule has 1 aliphatic rings. The zero-order valence-electron chi connectivity index (χ0n) is 4.65. The monoisotopic (exact) mass is 140 g/mol. The van der Waals surface area contributed by atoms with Crippen molar-refractivity contribution in [3.05, 3.63) is 0 Å². The van der Waals surface area contributed by atoms with E-state index >= 15 is 0 Å². The summed E-state index contributed by atoms with van der Waals surface area (Å²) >= 11 is 0. The Morgan fingerprint density at radius 2 is 2.00 bits per heavy atom. The van der Waals surface area contributed by atoms with Gasteiger partial charge in [0.2, 0.25) is 0 Å². The smallest absolute Gasteiger partial charge is 0.392 e. The molecule has 0 aromatic carbocycles. The van der Waals surface area contributed by atoms with Crippen LogP contribution in [0.25, 0.3) is 0 Å². The zero-order chi connectivity index (χ0) is 7.07. The second-order valence-electron chi connectivity index (χ2n) is 2.33. The predicted molar refractivity (Wildman–Crippen MR) is 24.7 cm³/mol. The van der Waals surface area contributed by atoms with E-state index < -0.39 is 18.0 Å². The van der Waals surface area contributed by atoms with Gasteiger partial charge in [0.1, 0.15) is 0 Å². The molecule has 9 heavy (non-hydrogen) atoms. The van der Waals surface area contributed by atoms with Crippen molar-refractivity contribution >= 4 is 0 Å². The lowest BCUT2D eigenvalue weighted by atomic mass is 10.3. The molecule has 1 saturated carbocycles. The van der Waals surface area contributed by atoms with Crippen LogP contribution in [-0.4, -0.2) is 17.9 Å². The minimum absolute atomic E-state index is 0.111. The molecule has 1 fully saturated rings. The maximum Gasteiger partial charge on any atom is 0.392 e. The number of hydrogen-bond acceptors (Lipinski definition) is 1. The van der Waals surface area contributed by atoms with E-state index in [4.69, 9.17) is 5.11 Å². The zero-order valence-corrected chi connectivity index (χ0v) is 4.65. The van der Waals surface area contributed by atoms with Gasteiger partial charge in [0, 0.05) is 6.61 Å². The van der Waals surface area contributed by atoms with Crippen LogP contribution in [0.15, 0.2) is 0 Å². The summed E-state index contributed by atoms with van der Waals surface area (Å²) in [7, 11) is 0. The van der Waals surface area contributed by atoms with E-state index in [1.54, 1.807) is 0 Å². The molecule has 0 spiro atoms. The molecule has 0 amide bonds. The van der Waals surface area contributed by atoms with Gasteiger partial charge in [-0.25, -0.2) is 0 Å². The normalized spacial score (nSPS) is 34.7. The Bertz CT molecular complexity index is 109.